The first-order valence-electron chi connectivity index (χ1n) is 6.76. The number of rotatable bonds is 8. The van der Waals surface area contributed by atoms with Crippen molar-refractivity contribution in [2.45, 2.75) is 43.5 Å². The molecule has 0 spiro atoms. The van der Waals surface area contributed by atoms with Crippen LogP contribution in [0.25, 0.3) is 0 Å². The lowest BCUT2D eigenvalue weighted by atomic mass is 9.89. The summed E-state index contributed by atoms with van der Waals surface area (Å²) in [4.78, 5) is 23.5. The maximum Gasteiger partial charge on any atom is 0.305 e. The number of hydrogen-bond acceptors (Lipinski definition) is 5. The third-order valence-electron chi connectivity index (χ3n) is 3.60. The zero-order valence-corrected chi connectivity index (χ0v) is 14.3. The molecule has 9 heteroatoms. The summed E-state index contributed by atoms with van der Waals surface area (Å²) in [5, 5.41) is 13.1. The van der Waals surface area contributed by atoms with Crippen LogP contribution < -0.4 is 10.0 Å². The summed E-state index contributed by atoms with van der Waals surface area (Å²) in [6.07, 6.45) is 0.752. The van der Waals surface area contributed by atoms with Crippen LogP contribution in [0.5, 0.6) is 0 Å². The first-order chi connectivity index (χ1) is 10.2. The van der Waals surface area contributed by atoms with Gasteiger partial charge >= 0.3 is 5.97 Å². The predicted octanol–water partition coefficient (Wildman–Crippen LogP) is 1.42. The molecular weight excluding hydrogens is 328 g/mol. The number of sulfonamides is 1. The summed E-state index contributed by atoms with van der Waals surface area (Å²) in [5.41, 5.74) is -0.838. The van der Waals surface area contributed by atoms with Crippen LogP contribution in [-0.2, 0) is 14.8 Å². The highest BCUT2D eigenvalue weighted by atomic mass is 32.2. The number of carbonyl (C=O) groups is 2. The Kier molecular flexibility index (Phi) is 6.09. The highest BCUT2D eigenvalue weighted by Crippen LogP contribution is 2.23. The molecule has 1 aromatic heterocycles. The van der Waals surface area contributed by atoms with Crippen molar-refractivity contribution in [2.24, 2.45) is 0 Å². The topological polar surface area (TPSA) is 113 Å². The van der Waals surface area contributed by atoms with E-state index in [1.54, 1.807) is 13.8 Å². The smallest absolute Gasteiger partial charge is 0.305 e. The lowest BCUT2D eigenvalue weighted by molar-refractivity contribution is -0.138. The minimum atomic E-state index is -3.60. The minimum Gasteiger partial charge on any atom is -0.481 e. The molecule has 0 unspecified atom stereocenters. The summed E-state index contributed by atoms with van der Waals surface area (Å²) >= 11 is 1.00. The van der Waals surface area contributed by atoms with E-state index in [4.69, 9.17) is 5.11 Å². The van der Waals surface area contributed by atoms with Crippen molar-refractivity contribution < 1.29 is 23.1 Å². The van der Waals surface area contributed by atoms with Crippen LogP contribution in [0, 0.1) is 0 Å². The summed E-state index contributed by atoms with van der Waals surface area (Å²) in [6, 6.07) is 1.28. The zero-order valence-electron chi connectivity index (χ0n) is 12.7. The Hall–Kier alpha value is -1.45. The third kappa shape index (κ3) is 4.28. The lowest BCUT2D eigenvalue weighted by Gasteiger charge is -2.31. The highest BCUT2D eigenvalue weighted by molar-refractivity contribution is 7.89. The second-order valence-corrected chi connectivity index (χ2v) is 7.66. The second-order valence-electron chi connectivity index (χ2n) is 4.87. The summed E-state index contributed by atoms with van der Waals surface area (Å²) in [7, 11) is -2.31. The Morgan fingerprint density at radius 3 is 2.36 bits per heavy atom. The van der Waals surface area contributed by atoms with Crippen LogP contribution >= 0.6 is 11.3 Å². The number of carbonyl (C=O) groups excluding carboxylic acids is 1. The molecule has 0 radical (unpaired) electrons. The van der Waals surface area contributed by atoms with Gasteiger partial charge in [-0.1, -0.05) is 13.8 Å². The fourth-order valence-corrected chi connectivity index (χ4v) is 3.91. The van der Waals surface area contributed by atoms with Crippen LogP contribution in [0.4, 0.5) is 0 Å². The van der Waals surface area contributed by atoms with Crippen LogP contribution in [0.2, 0.25) is 0 Å². The van der Waals surface area contributed by atoms with Crippen molar-refractivity contribution >= 4 is 33.2 Å². The number of carboxylic acid groups (broad SMARTS) is 1. The van der Waals surface area contributed by atoms with Crippen LogP contribution in [0.3, 0.4) is 0 Å². The van der Waals surface area contributed by atoms with E-state index in [9.17, 15) is 18.0 Å². The molecule has 0 atom stereocenters. The van der Waals surface area contributed by atoms with E-state index in [2.05, 4.69) is 10.0 Å². The second kappa shape index (κ2) is 7.21. The van der Waals surface area contributed by atoms with E-state index in [0.717, 1.165) is 11.3 Å². The maximum absolute atomic E-state index is 12.3. The molecular formula is C13H20N2O5S2. The predicted molar refractivity (Wildman–Crippen MR) is 83.6 cm³/mol. The van der Waals surface area contributed by atoms with E-state index in [1.165, 1.54) is 18.5 Å². The molecule has 0 aliphatic heterocycles. The van der Waals surface area contributed by atoms with Gasteiger partial charge in [-0.3, -0.25) is 9.59 Å². The largest absolute Gasteiger partial charge is 0.481 e. The van der Waals surface area contributed by atoms with Crippen molar-refractivity contribution in [3.8, 4) is 0 Å². The molecule has 0 fully saturated rings. The number of amides is 1. The van der Waals surface area contributed by atoms with Gasteiger partial charge in [0, 0.05) is 5.38 Å². The quantitative estimate of drug-likeness (QED) is 0.658. The van der Waals surface area contributed by atoms with E-state index >= 15 is 0 Å². The van der Waals surface area contributed by atoms with E-state index in [-0.39, 0.29) is 16.2 Å². The maximum atomic E-state index is 12.3. The molecule has 1 rings (SSSR count). The van der Waals surface area contributed by atoms with Crippen molar-refractivity contribution in [3.63, 3.8) is 0 Å². The standard InChI is InChI=1S/C13H20N2O5S2/c1-4-13(5-2,7-11(16)17)15-12(18)10-6-9(8-21-10)22(19,20)14-3/h6,8,14H,4-5,7H2,1-3H3,(H,15,18)(H,16,17). The number of thiophene rings is 1. The van der Waals surface area contributed by atoms with Crippen LogP contribution in [0.15, 0.2) is 16.3 Å². The SMILES string of the molecule is CCC(CC)(CC(=O)O)NC(=O)c1cc(S(=O)(=O)NC)cs1. The Balaban J connectivity index is 2.99. The Labute approximate surface area is 133 Å². The normalized spacial score (nSPS) is 12.1. The number of aliphatic carboxylic acids is 1. The van der Waals surface area contributed by atoms with Gasteiger partial charge in [0.2, 0.25) is 10.0 Å². The fourth-order valence-electron chi connectivity index (χ4n) is 2.01. The van der Waals surface area contributed by atoms with Gasteiger partial charge in [0.25, 0.3) is 5.91 Å². The summed E-state index contributed by atoms with van der Waals surface area (Å²) < 4.78 is 25.5. The first-order valence-corrected chi connectivity index (χ1v) is 9.12. The van der Waals surface area contributed by atoms with Gasteiger partial charge in [0.05, 0.1) is 21.7 Å². The number of carboxylic acids is 1. The van der Waals surface area contributed by atoms with E-state index < -0.39 is 27.4 Å². The molecule has 1 amide bonds. The summed E-state index contributed by atoms with van der Waals surface area (Å²) in [5.74, 6) is -1.46. The molecule has 0 saturated carbocycles. The lowest BCUT2D eigenvalue weighted by Crippen LogP contribution is -2.48. The van der Waals surface area contributed by atoms with Crippen LogP contribution in [0.1, 0.15) is 42.8 Å². The molecule has 0 aliphatic rings. The van der Waals surface area contributed by atoms with Crippen molar-refractivity contribution in [1.82, 2.24) is 10.0 Å². The average Bonchev–Trinajstić information content (AvgIpc) is 2.96. The third-order valence-corrected chi connectivity index (χ3v) is 6.07. The molecule has 22 heavy (non-hydrogen) atoms. The van der Waals surface area contributed by atoms with Gasteiger partial charge in [-0.15, -0.1) is 11.3 Å². The Bertz CT molecular complexity index is 647. The number of nitrogens with one attached hydrogen (secondary N) is 2. The molecule has 3 N–H and O–H groups in total. The van der Waals surface area contributed by atoms with Crippen LogP contribution in [-0.4, -0.2) is 38.0 Å². The van der Waals surface area contributed by atoms with Crippen molar-refractivity contribution in [2.75, 3.05) is 7.05 Å². The van der Waals surface area contributed by atoms with Gasteiger partial charge in [0.15, 0.2) is 0 Å². The minimum absolute atomic E-state index is 0.0157. The average molecular weight is 348 g/mol. The molecule has 124 valence electrons. The van der Waals surface area contributed by atoms with Gasteiger partial charge < -0.3 is 10.4 Å². The van der Waals surface area contributed by atoms with Gasteiger partial charge in [-0.2, -0.15) is 0 Å². The Morgan fingerprint density at radius 1 is 1.32 bits per heavy atom. The summed E-state index contributed by atoms with van der Waals surface area (Å²) in [6.45, 7) is 3.61. The molecule has 1 aromatic rings. The van der Waals surface area contributed by atoms with E-state index in [0.29, 0.717) is 12.8 Å². The molecule has 0 saturated heterocycles. The monoisotopic (exact) mass is 348 g/mol. The zero-order chi connectivity index (χ0) is 17.0. The van der Waals surface area contributed by atoms with Crippen molar-refractivity contribution in [3.05, 3.63) is 16.3 Å². The molecule has 0 aliphatic carbocycles. The van der Waals surface area contributed by atoms with Crippen molar-refractivity contribution in [1.29, 1.82) is 0 Å². The van der Waals surface area contributed by atoms with Gasteiger partial charge in [0.1, 0.15) is 0 Å². The fraction of sp³-hybridized carbons (Fsp3) is 0.538. The first kappa shape index (κ1) is 18.6. The molecule has 7 nitrogen and oxygen atoms in total. The molecule has 1 heterocycles. The van der Waals surface area contributed by atoms with E-state index in [1.807, 2.05) is 0 Å². The van der Waals surface area contributed by atoms with Gasteiger partial charge in [-0.05, 0) is 26.0 Å². The Morgan fingerprint density at radius 2 is 1.91 bits per heavy atom. The molecule has 0 bridgehead atoms. The highest BCUT2D eigenvalue weighted by Gasteiger charge is 2.32. The molecule has 0 aromatic carbocycles. The number of hydrogen-bond donors (Lipinski definition) is 3. The van der Waals surface area contributed by atoms with Gasteiger partial charge in [-0.25, -0.2) is 13.1 Å².